The van der Waals surface area contributed by atoms with E-state index in [2.05, 4.69) is 57.7 Å². The summed E-state index contributed by atoms with van der Waals surface area (Å²) in [6.45, 7) is 10.7. The predicted octanol–water partition coefficient (Wildman–Crippen LogP) is 5.50. The van der Waals surface area contributed by atoms with Gasteiger partial charge in [-0.25, -0.2) is 9.48 Å². The molecule has 230 valence electrons. The highest BCUT2D eigenvalue weighted by Crippen LogP contribution is 2.33. The molecule has 0 radical (unpaired) electrons. The lowest BCUT2D eigenvalue weighted by Crippen LogP contribution is -2.37. The molecule has 2 aromatic heterocycles. The highest BCUT2D eigenvalue weighted by molar-refractivity contribution is 6.10. The quantitative estimate of drug-likeness (QED) is 0.134. The number of fused-ring (bicyclic) bond motifs is 3. The summed E-state index contributed by atoms with van der Waals surface area (Å²) in [5, 5.41) is 14.2. The van der Waals surface area contributed by atoms with Crippen LogP contribution >= 0.6 is 0 Å². The number of carbonyl (C=O) groups excluding carboxylic acids is 1. The molecular weight excluding hydrogens is 558 g/mol. The van der Waals surface area contributed by atoms with Crippen LogP contribution in [0.3, 0.4) is 0 Å². The van der Waals surface area contributed by atoms with Crippen molar-refractivity contribution in [2.45, 2.75) is 59.0 Å². The third kappa shape index (κ3) is 7.80. The number of carbonyl (C=O) groups is 1. The highest BCUT2D eigenvalue weighted by Gasteiger charge is 2.17. The summed E-state index contributed by atoms with van der Waals surface area (Å²) < 4.78 is 19.5. The third-order valence-corrected chi connectivity index (χ3v) is 6.71. The lowest BCUT2D eigenvalue weighted by molar-refractivity contribution is 0.00812. The van der Waals surface area contributed by atoms with Crippen molar-refractivity contribution in [1.29, 1.82) is 0 Å². The van der Waals surface area contributed by atoms with E-state index in [0.717, 1.165) is 33.2 Å². The Balaban J connectivity index is 1.23. The summed E-state index contributed by atoms with van der Waals surface area (Å²) in [6.07, 6.45) is 0.852. The first-order valence-corrected chi connectivity index (χ1v) is 14.6. The van der Waals surface area contributed by atoms with Crippen LogP contribution in [-0.4, -0.2) is 62.8 Å². The number of aromatic nitrogens is 4. The number of amides is 1. The largest absolute Gasteiger partial charge is 0.490 e. The van der Waals surface area contributed by atoms with E-state index in [9.17, 15) is 4.79 Å². The SMILES string of the molecule is CC(C)NCC(COc1cccc2[nH]c3ccccc3c12)OCc1cn(-c2ccc(C(N)=NC(=O)OC(C)(C)C)cc2)nn1. The number of nitrogens with two attached hydrogens (primary N) is 1. The van der Waals surface area contributed by atoms with Gasteiger partial charge in [-0.2, -0.15) is 4.99 Å². The molecule has 11 heteroatoms. The predicted molar refractivity (Wildman–Crippen MR) is 171 cm³/mol. The van der Waals surface area contributed by atoms with Crippen LogP contribution in [-0.2, 0) is 16.1 Å². The van der Waals surface area contributed by atoms with Crippen molar-refractivity contribution in [3.05, 3.63) is 84.2 Å². The van der Waals surface area contributed by atoms with Gasteiger partial charge in [0, 0.05) is 34.4 Å². The minimum atomic E-state index is -0.734. The van der Waals surface area contributed by atoms with Gasteiger partial charge in [0.1, 0.15) is 35.6 Å². The Morgan fingerprint density at radius 2 is 1.80 bits per heavy atom. The van der Waals surface area contributed by atoms with Gasteiger partial charge in [0.15, 0.2) is 0 Å². The molecule has 0 bridgehead atoms. The van der Waals surface area contributed by atoms with Crippen molar-refractivity contribution >= 4 is 33.7 Å². The summed E-state index contributed by atoms with van der Waals surface area (Å²) in [5.74, 6) is 0.881. The molecule has 0 saturated heterocycles. The molecule has 0 fully saturated rings. The maximum atomic E-state index is 12.0. The number of nitrogens with one attached hydrogen (secondary N) is 2. The van der Waals surface area contributed by atoms with Gasteiger partial charge in [-0.15, -0.1) is 5.10 Å². The van der Waals surface area contributed by atoms with Gasteiger partial charge in [0.2, 0.25) is 0 Å². The van der Waals surface area contributed by atoms with Crippen LogP contribution in [0.2, 0.25) is 0 Å². The van der Waals surface area contributed by atoms with Crippen molar-refractivity contribution in [1.82, 2.24) is 25.3 Å². The first-order chi connectivity index (χ1) is 21.1. The molecule has 0 aliphatic carbocycles. The van der Waals surface area contributed by atoms with E-state index >= 15 is 0 Å². The summed E-state index contributed by atoms with van der Waals surface area (Å²) in [5.41, 5.74) is 9.50. The number of para-hydroxylation sites is 1. The monoisotopic (exact) mass is 597 g/mol. The van der Waals surface area contributed by atoms with E-state index in [1.807, 2.05) is 42.6 Å². The van der Waals surface area contributed by atoms with Crippen LogP contribution in [0.4, 0.5) is 4.79 Å². The second-order valence-corrected chi connectivity index (χ2v) is 11.8. The van der Waals surface area contributed by atoms with E-state index in [1.54, 1.807) is 37.6 Å². The maximum Gasteiger partial charge on any atom is 0.436 e. The zero-order valence-electron chi connectivity index (χ0n) is 25.7. The molecular formula is C33H39N7O4. The van der Waals surface area contributed by atoms with Gasteiger partial charge in [0.05, 0.1) is 24.0 Å². The first kappa shape index (κ1) is 30.7. The van der Waals surface area contributed by atoms with Crippen LogP contribution in [0.5, 0.6) is 5.75 Å². The number of H-pyrrole nitrogens is 1. The lowest BCUT2D eigenvalue weighted by atomic mass is 10.1. The number of hydrogen-bond acceptors (Lipinski definition) is 7. The zero-order chi connectivity index (χ0) is 31.3. The lowest BCUT2D eigenvalue weighted by Gasteiger charge is -2.20. The third-order valence-electron chi connectivity index (χ3n) is 6.71. The number of aliphatic imine (C=N–C) groups is 1. The Labute approximate surface area is 256 Å². The number of benzene rings is 3. The van der Waals surface area contributed by atoms with Crippen LogP contribution in [0.1, 0.15) is 45.9 Å². The highest BCUT2D eigenvalue weighted by atomic mass is 16.6. The van der Waals surface area contributed by atoms with E-state index < -0.39 is 11.7 Å². The van der Waals surface area contributed by atoms with Crippen molar-refractivity contribution in [3.63, 3.8) is 0 Å². The van der Waals surface area contributed by atoms with Gasteiger partial charge < -0.3 is 30.2 Å². The smallest absolute Gasteiger partial charge is 0.436 e. The molecule has 2 heterocycles. The van der Waals surface area contributed by atoms with Crippen molar-refractivity contribution in [2.24, 2.45) is 10.7 Å². The van der Waals surface area contributed by atoms with Crippen LogP contribution in [0, 0.1) is 0 Å². The number of amidine groups is 1. The fraction of sp³-hybridized carbons (Fsp3) is 0.333. The average Bonchev–Trinajstić information content (AvgIpc) is 3.61. The molecule has 3 aromatic carbocycles. The van der Waals surface area contributed by atoms with Crippen molar-refractivity contribution in [2.75, 3.05) is 13.2 Å². The Bertz CT molecular complexity index is 1750. The number of hydrogen-bond donors (Lipinski definition) is 3. The molecule has 0 spiro atoms. The van der Waals surface area contributed by atoms with E-state index in [4.69, 9.17) is 19.9 Å². The van der Waals surface area contributed by atoms with Gasteiger partial charge in [-0.1, -0.05) is 43.3 Å². The number of nitrogens with zero attached hydrogens (tertiary/aromatic N) is 4. The van der Waals surface area contributed by atoms with Gasteiger partial charge in [-0.3, -0.25) is 0 Å². The Morgan fingerprint density at radius 1 is 1.05 bits per heavy atom. The fourth-order valence-corrected chi connectivity index (χ4v) is 4.63. The molecule has 0 saturated carbocycles. The molecule has 11 nitrogen and oxygen atoms in total. The molecule has 1 atom stereocenters. The molecule has 4 N–H and O–H groups in total. The molecule has 1 unspecified atom stereocenters. The fourth-order valence-electron chi connectivity index (χ4n) is 4.63. The average molecular weight is 598 g/mol. The van der Waals surface area contributed by atoms with Crippen molar-refractivity contribution < 1.29 is 19.0 Å². The number of ether oxygens (including phenoxy) is 3. The minimum Gasteiger partial charge on any atom is -0.490 e. The molecule has 5 rings (SSSR count). The normalized spacial score (nSPS) is 13.1. The number of aromatic amines is 1. The molecule has 5 aromatic rings. The van der Waals surface area contributed by atoms with Gasteiger partial charge in [-0.05, 0) is 63.2 Å². The second kappa shape index (κ2) is 13.3. The standard InChI is InChI=1S/C33H39N7O4/c1-21(2)35-17-25(20-43-29-12-8-11-28-30(29)26-9-6-7-10-27(26)36-28)42-19-23-18-40(39-38-23)24-15-13-22(14-16-24)31(34)37-32(41)44-33(3,4)5/h6-16,18,21,25,35-36H,17,19-20H2,1-5H3,(H2,34,37,41). The van der Waals surface area contributed by atoms with E-state index in [0.29, 0.717) is 30.5 Å². The molecule has 44 heavy (non-hydrogen) atoms. The minimum absolute atomic E-state index is 0.0719. The second-order valence-electron chi connectivity index (χ2n) is 11.8. The molecule has 0 aliphatic rings. The summed E-state index contributed by atoms with van der Waals surface area (Å²) in [4.78, 5) is 19.3. The van der Waals surface area contributed by atoms with Crippen LogP contribution in [0.15, 0.2) is 77.9 Å². The number of rotatable bonds is 11. The maximum absolute atomic E-state index is 12.0. The zero-order valence-corrected chi connectivity index (χ0v) is 25.7. The van der Waals surface area contributed by atoms with E-state index in [1.165, 1.54) is 0 Å². The first-order valence-electron chi connectivity index (χ1n) is 14.6. The van der Waals surface area contributed by atoms with Crippen LogP contribution < -0.4 is 15.8 Å². The van der Waals surface area contributed by atoms with Gasteiger partial charge in [0.25, 0.3) is 0 Å². The summed E-state index contributed by atoms with van der Waals surface area (Å²) in [6, 6.07) is 21.7. The summed E-state index contributed by atoms with van der Waals surface area (Å²) >= 11 is 0. The topological polar surface area (TPSA) is 142 Å². The molecule has 1 amide bonds. The van der Waals surface area contributed by atoms with Crippen LogP contribution in [0.25, 0.3) is 27.5 Å². The van der Waals surface area contributed by atoms with E-state index in [-0.39, 0.29) is 18.5 Å². The Kier molecular flexibility index (Phi) is 9.26. The molecule has 0 aliphatic heterocycles. The van der Waals surface area contributed by atoms with Crippen molar-refractivity contribution in [3.8, 4) is 11.4 Å². The summed E-state index contributed by atoms with van der Waals surface area (Å²) in [7, 11) is 0. The van der Waals surface area contributed by atoms with Gasteiger partial charge >= 0.3 is 6.09 Å². The Morgan fingerprint density at radius 3 is 2.55 bits per heavy atom. The Hall–Kier alpha value is -4.74.